The maximum Gasteiger partial charge on any atom is 0.246 e. The maximum atomic E-state index is 14.0. The minimum atomic E-state index is -3.72. The molecule has 480 valence electrons. The summed E-state index contributed by atoms with van der Waals surface area (Å²) in [6.07, 6.45) is 0.947. The Balaban J connectivity index is 0.660. The maximum absolute atomic E-state index is 14.0. The summed E-state index contributed by atoms with van der Waals surface area (Å²) in [4.78, 5) is 73.6. The molecule has 7 rings (SSSR count). The Morgan fingerprint density at radius 3 is 1.99 bits per heavy atom. The summed E-state index contributed by atoms with van der Waals surface area (Å²) in [5, 5.41) is 25.8. The third-order valence-electron chi connectivity index (χ3n) is 14.3. The predicted octanol–water partition coefficient (Wildman–Crippen LogP) is 5.30. The third-order valence-corrected chi connectivity index (χ3v) is 17.0. The standard InChI is InChI=1S/C62H88N12O12S2/c1-43-38-65-60(70-57(43)67-48-10-9-11-51(36-48)88(80,81)71-62(6,7)8)68-47-16-18-49(19-17-47)73-24-22-72(23-25-73)41-54(77)63-21-27-83-29-31-85-33-35-86-34-32-84-30-28-82-26-20-53(76)69-56(61(3,4)5)59(79)74-40-50(75)37-52(74)58(78)64-39-45-12-14-46(15-13-45)55-44(2)66-42-87-55/h9-19,36,38,42,50,52,56,71,75H,20-35,37,39-41H2,1-8H3,(H,63,77)(H,64,78)(H,69,76)(H2,65,67,68,70)/t50-,52+,56-/m1/s1. The molecule has 3 atom stereocenters. The number of carbonyl (C=O) groups is 4. The molecule has 2 aliphatic heterocycles. The first-order chi connectivity index (χ1) is 42.0. The van der Waals surface area contributed by atoms with Gasteiger partial charge in [0.15, 0.2) is 0 Å². The molecule has 2 aromatic heterocycles. The van der Waals surface area contributed by atoms with E-state index in [-0.39, 0.29) is 61.8 Å². The molecule has 0 aliphatic carbocycles. The number of rotatable bonds is 33. The van der Waals surface area contributed by atoms with Crippen molar-refractivity contribution in [2.75, 3.05) is 127 Å². The number of thiazole rings is 1. The van der Waals surface area contributed by atoms with Gasteiger partial charge in [-0.2, -0.15) is 4.98 Å². The number of ether oxygens (including phenoxy) is 5. The normalized spacial score (nSPS) is 16.1. The van der Waals surface area contributed by atoms with Gasteiger partial charge in [-0.1, -0.05) is 51.1 Å². The summed E-state index contributed by atoms with van der Waals surface area (Å²) >= 11 is 1.57. The highest BCUT2D eigenvalue weighted by atomic mass is 32.2. The number of piperazine rings is 1. The number of likely N-dealkylation sites (tertiary alicyclic amines) is 1. The van der Waals surface area contributed by atoms with Gasteiger partial charge in [-0.05, 0) is 93.6 Å². The fourth-order valence-corrected chi connectivity index (χ4v) is 12.0. The quantitative estimate of drug-likeness (QED) is 0.0262. The van der Waals surface area contributed by atoms with Gasteiger partial charge in [0.05, 0.1) is 99.7 Å². The molecule has 0 spiro atoms. The molecule has 0 saturated carbocycles. The van der Waals surface area contributed by atoms with E-state index < -0.39 is 45.1 Å². The van der Waals surface area contributed by atoms with E-state index in [0.29, 0.717) is 83.4 Å². The number of hydrogen-bond donors (Lipinski definition) is 7. The number of aromatic nitrogens is 3. The van der Waals surface area contributed by atoms with Crippen LogP contribution in [0.25, 0.3) is 10.4 Å². The Labute approximate surface area is 521 Å². The van der Waals surface area contributed by atoms with Crippen molar-refractivity contribution in [1.29, 1.82) is 0 Å². The first-order valence-corrected chi connectivity index (χ1v) is 32.2. The van der Waals surface area contributed by atoms with E-state index in [2.05, 4.69) is 56.1 Å². The molecule has 0 radical (unpaired) electrons. The Kier molecular flexibility index (Phi) is 25.9. The van der Waals surface area contributed by atoms with Crippen LogP contribution in [-0.4, -0.2) is 198 Å². The minimum absolute atomic E-state index is 0.0126. The van der Waals surface area contributed by atoms with Crippen molar-refractivity contribution in [3.05, 3.63) is 101 Å². The van der Waals surface area contributed by atoms with E-state index in [0.717, 1.165) is 64.8 Å². The molecule has 2 saturated heterocycles. The first kappa shape index (κ1) is 68.8. The van der Waals surface area contributed by atoms with Crippen molar-refractivity contribution in [2.45, 2.75) is 103 Å². The number of benzene rings is 3. The minimum Gasteiger partial charge on any atom is -0.391 e. The van der Waals surface area contributed by atoms with Crippen molar-refractivity contribution in [3.63, 3.8) is 0 Å². The summed E-state index contributed by atoms with van der Waals surface area (Å²) in [6.45, 7) is 22.0. The van der Waals surface area contributed by atoms with E-state index in [9.17, 15) is 32.7 Å². The van der Waals surface area contributed by atoms with Crippen molar-refractivity contribution < 1.29 is 56.4 Å². The summed E-state index contributed by atoms with van der Waals surface area (Å²) < 4.78 is 56.5. The Morgan fingerprint density at radius 1 is 0.739 bits per heavy atom. The van der Waals surface area contributed by atoms with Crippen molar-refractivity contribution >= 4 is 73.8 Å². The van der Waals surface area contributed by atoms with E-state index in [4.69, 9.17) is 23.7 Å². The number of aryl methyl sites for hydroxylation is 2. The SMILES string of the molecule is Cc1cnc(Nc2ccc(N3CCN(CC(=O)NCCOCCOCCOCCOCCOCCC(=O)N[C@H](C(=O)N4C[C@H](O)C[C@H]4C(=O)NCc4ccc(-c5scnc5C)cc4)C(C)(C)C)CC3)cc2)nc1Nc1cccc(S(=O)(=O)NC(C)(C)C)c1. The highest BCUT2D eigenvalue weighted by Gasteiger charge is 2.44. The molecule has 3 aromatic carbocycles. The van der Waals surface area contributed by atoms with Gasteiger partial charge in [-0.3, -0.25) is 24.1 Å². The lowest BCUT2D eigenvalue weighted by atomic mass is 9.85. The van der Waals surface area contributed by atoms with Gasteiger partial charge >= 0.3 is 0 Å². The number of β-amino-alcohol motifs (C(OH)–C–C–N with tert-alkyl or cyclic N) is 1. The number of carbonyl (C=O) groups excluding carboxylic acids is 4. The lowest BCUT2D eigenvalue weighted by Crippen LogP contribution is -2.57. The average Bonchev–Trinajstić information content (AvgIpc) is 3.13. The fraction of sp³-hybridized carbons (Fsp3) is 0.532. The number of aliphatic hydroxyl groups excluding tert-OH is 1. The molecule has 24 nitrogen and oxygen atoms in total. The summed E-state index contributed by atoms with van der Waals surface area (Å²) in [7, 11) is -3.72. The second kappa shape index (κ2) is 33.2. The molecule has 88 heavy (non-hydrogen) atoms. The zero-order valence-corrected chi connectivity index (χ0v) is 53.5. The van der Waals surface area contributed by atoms with Crippen LogP contribution in [0.2, 0.25) is 0 Å². The van der Waals surface area contributed by atoms with Crippen LogP contribution >= 0.6 is 11.3 Å². The van der Waals surface area contributed by atoms with Crippen LogP contribution in [-0.2, 0) is 59.4 Å². The number of anilines is 5. The Bertz CT molecular complexity index is 3150. The molecular formula is C62H88N12O12S2. The molecule has 4 amide bonds. The molecular weight excluding hydrogens is 1170 g/mol. The molecule has 2 aliphatic rings. The lowest BCUT2D eigenvalue weighted by Gasteiger charge is -2.35. The second-order valence-corrected chi connectivity index (χ2v) is 26.3. The largest absolute Gasteiger partial charge is 0.391 e. The molecule has 5 aromatic rings. The van der Waals surface area contributed by atoms with Crippen molar-refractivity contribution in [2.24, 2.45) is 5.41 Å². The highest BCUT2D eigenvalue weighted by Crippen LogP contribution is 2.30. The van der Waals surface area contributed by atoms with Gasteiger partial charge < -0.3 is 65.2 Å². The van der Waals surface area contributed by atoms with Gasteiger partial charge in [-0.15, -0.1) is 11.3 Å². The number of hydrogen-bond acceptors (Lipinski definition) is 20. The Hall–Kier alpha value is -6.72. The molecule has 4 heterocycles. The van der Waals surface area contributed by atoms with Crippen LogP contribution in [0.3, 0.4) is 0 Å². The van der Waals surface area contributed by atoms with E-state index >= 15 is 0 Å². The summed E-state index contributed by atoms with van der Waals surface area (Å²) in [5.41, 5.74) is 6.64. The lowest BCUT2D eigenvalue weighted by molar-refractivity contribution is -0.144. The van der Waals surface area contributed by atoms with Crippen molar-refractivity contribution in [1.82, 2.24) is 45.4 Å². The highest BCUT2D eigenvalue weighted by molar-refractivity contribution is 7.89. The zero-order valence-electron chi connectivity index (χ0n) is 51.9. The summed E-state index contributed by atoms with van der Waals surface area (Å²) in [6, 6.07) is 20.6. The first-order valence-electron chi connectivity index (χ1n) is 29.8. The van der Waals surface area contributed by atoms with Gasteiger partial charge in [0.25, 0.3) is 0 Å². The van der Waals surface area contributed by atoms with Crippen LogP contribution in [0.5, 0.6) is 0 Å². The van der Waals surface area contributed by atoms with Gasteiger partial charge in [0.1, 0.15) is 17.9 Å². The number of aliphatic hydroxyl groups is 1. The van der Waals surface area contributed by atoms with Gasteiger partial charge in [0.2, 0.25) is 39.6 Å². The van der Waals surface area contributed by atoms with Crippen molar-refractivity contribution in [3.8, 4) is 10.4 Å². The molecule has 0 unspecified atom stereocenters. The molecule has 0 bridgehead atoms. The number of nitrogens with one attached hydrogen (secondary N) is 6. The van der Waals surface area contributed by atoms with Crippen LogP contribution in [0.15, 0.2) is 89.4 Å². The number of sulfonamides is 1. The van der Waals surface area contributed by atoms with Crippen LogP contribution in [0.1, 0.15) is 71.2 Å². The van der Waals surface area contributed by atoms with Gasteiger partial charge in [-0.25, -0.2) is 23.1 Å². The fourth-order valence-electron chi connectivity index (χ4n) is 9.70. The van der Waals surface area contributed by atoms with Crippen LogP contribution in [0, 0.1) is 19.3 Å². The second-order valence-electron chi connectivity index (χ2n) is 23.8. The zero-order chi connectivity index (χ0) is 63.3. The smallest absolute Gasteiger partial charge is 0.246 e. The Morgan fingerprint density at radius 2 is 1.38 bits per heavy atom. The van der Waals surface area contributed by atoms with Crippen LogP contribution in [0.4, 0.5) is 28.8 Å². The van der Waals surface area contributed by atoms with Crippen LogP contribution < -0.4 is 36.2 Å². The number of nitrogens with zero attached hydrogens (tertiary/aromatic N) is 6. The third kappa shape index (κ3) is 22.1. The van der Waals surface area contributed by atoms with E-state index in [1.165, 1.54) is 4.90 Å². The van der Waals surface area contributed by atoms with Gasteiger partial charge in [0, 0.05) is 93.0 Å². The predicted molar refractivity (Wildman–Crippen MR) is 338 cm³/mol. The summed E-state index contributed by atoms with van der Waals surface area (Å²) in [5.74, 6) is -0.296. The molecule has 7 N–H and O–H groups in total. The average molecular weight is 1260 g/mol. The number of amides is 4. The molecule has 2 fully saturated rings. The van der Waals surface area contributed by atoms with E-state index in [1.807, 2.05) is 88.7 Å². The molecule has 26 heteroatoms. The monoisotopic (exact) mass is 1260 g/mol. The van der Waals surface area contributed by atoms with E-state index in [1.54, 1.807) is 62.6 Å². The topological polar surface area (TPSA) is 289 Å².